The lowest BCUT2D eigenvalue weighted by Crippen LogP contribution is -3.00. The van der Waals surface area contributed by atoms with Crippen molar-refractivity contribution in [1.82, 2.24) is 5.32 Å². The lowest BCUT2D eigenvalue weighted by atomic mass is 10.1. The lowest BCUT2D eigenvalue weighted by molar-refractivity contribution is -0.924. The fourth-order valence-electron chi connectivity index (χ4n) is 2.12. The zero-order valence-electron chi connectivity index (χ0n) is 9.66. The summed E-state index contributed by atoms with van der Waals surface area (Å²) in [6, 6.07) is 10.8. The topological polar surface area (TPSA) is 12.0 Å². The van der Waals surface area contributed by atoms with E-state index < -0.39 is 0 Å². The van der Waals surface area contributed by atoms with Crippen LogP contribution in [-0.2, 0) is 6.54 Å². The zero-order chi connectivity index (χ0) is 9.86. The van der Waals surface area contributed by atoms with Crippen LogP contribution < -0.4 is 17.7 Å². The van der Waals surface area contributed by atoms with Gasteiger partial charge in [-0.15, -0.1) is 12.4 Å². The van der Waals surface area contributed by atoms with Gasteiger partial charge in [-0.1, -0.05) is 30.3 Å². The fraction of sp³-hybridized carbons (Fsp3) is 0.500. The number of benzene rings is 1. The smallest absolute Gasteiger partial charge is 0.104 e. The number of likely N-dealkylation sites (N-methyl/N-ethyl adjacent to an activating group) is 1. The molecule has 0 spiro atoms. The molecule has 0 bridgehead atoms. The van der Waals surface area contributed by atoms with Gasteiger partial charge in [0.05, 0.1) is 20.1 Å². The molecule has 1 aromatic carbocycles. The molecule has 0 saturated carbocycles. The second-order valence-electron chi connectivity index (χ2n) is 4.46. The molecule has 1 aliphatic rings. The highest BCUT2D eigenvalue weighted by molar-refractivity contribution is 5.85. The molecule has 0 unspecified atom stereocenters. The molecule has 2 nitrogen and oxygen atoms in total. The first-order valence-electron chi connectivity index (χ1n) is 5.37. The Kier molecular flexibility index (Phi) is 7.00. The molecule has 1 aliphatic heterocycles. The van der Waals surface area contributed by atoms with Crippen LogP contribution in [0, 0.1) is 0 Å². The predicted molar refractivity (Wildman–Crippen MR) is 66.2 cm³/mol. The van der Waals surface area contributed by atoms with Crippen molar-refractivity contribution in [3.63, 3.8) is 0 Å². The minimum Gasteiger partial charge on any atom is -1.00 e. The Morgan fingerprint density at radius 3 is 2.25 bits per heavy atom. The van der Waals surface area contributed by atoms with Crippen LogP contribution >= 0.6 is 12.4 Å². The van der Waals surface area contributed by atoms with Gasteiger partial charge in [-0.2, -0.15) is 0 Å². The molecule has 16 heavy (non-hydrogen) atoms. The Morgan fingerprint density at radius 2 is 1.69 bits per heavy atom. The maximum Gasteiger partial charge on any atom is 0.104 e. The van der Waals surface area contributed by atoms with Crippen molar-refractivity contribution in [2.75, 3.05) is 33.2 Å². The molecule has 1 heterocycles. The molecule has 1 aromatic rings. The van der Waals surface area contributed by atoms with Crippen LogP contribution in [0.5, 0.6) is 0 Å². The van der Waals surface area contributed by atoms with Crippen molar-refractivity contribution in [2.24, 2.45) is 0 Å². The standard InChI is InChI=1S/C12H19N2.2ClH/c1-14(9-7-13-8-10-14)11-12-5-3-2-4-6-12;;/h2-6,13H,7-11H2,1H3;2*1H/q+1;;/p-1. The summed E-state index contributed by atoms with van der Waals surface area (Å²) in [6.07, 6.45) is 0. The summed E-state index contributed by atoms with van der Waals surface area (Å²) in [7, 11) is 2.36. The van der Waals surface area contributed by atoms with E-state index in [9.17, 15) is 0 Å². The van der Waals surface area contributed by atoms with E-state index in [0.29, 0.717) is 0 Å². The molecule has 92 valence electrons. The average molecular weight is 263 g/mol. The van der Waals surface area contributed by atoms with Gasteiger partial charge in [0.25, 0.3) is 0 Å². The molecule has 0 radical (unpaired) electrons. The molecule has 2 rings (SSSR count). The Bertz CT molecular complexity index is 284. The van der Waals surface area contributed by atoms with E-state index in [2.05, 4.69) is 42.7 Å². The van der Waals surface area contributed by atoms with Crippen molar-refractivity contribution >= 4 is 12.4 Å². The summed E-state index contributed by atoms with van der Waals surface area (Å²) >= 11 is 0. The molecule has 0 atom stereocenters. The van der Waals surface area contributed by atoms with Crippen molar-refractivity contribution in [1.29, 1.82) is 0 Å². The normalized spacial score (nSPS) is 18.1. The second-order valence-corrected chi connectivity index (χ2v) is 4.46. The highest BCUT2D eigenvalue weighted by Gasteiger charge is 2.24. The first kappa shape index (κ1) is 15.7. The van der Waals surface area contributed by atoms with E-state index >= 15 is 0 Å². The van der Waals surface area contributed by atoms with E-state index in [0.717, 1.165) is 13.1 Å². The van der Waals surface area contributed by atoms with Crippen LogP contribution in [0.4, 0.5) is 0 Å². The maximum absolute atomic E-state index is 3.41. The summed E-state index contributed by atoms with van der Waals surface area (Å²) in [6.45, 7) is 5.97. The molecular weight excluding hydrogens is 243 g/mol. The van der Waals surface area contributed by atoms with Gasteiger partial charge in [-0.25, -0.2) is 0 Å². The minimum absolute atomic E-state index is 0. The third-order valence-corrected chi connectivity index (χ3v) is 3.06. The van der Waals surface area contributed by atoms with Crippen molar-refractivity contribution in [2.45, 2.75) is 6.54 Å². The molecule has 0 amide bonds. The van der Waals surface area contributed by atoms with Crippen LogP contribution in [0.15, 0.2) is 30.3 Å². The number of nitrogens with zero attached hydrogens (tertiary/aromatic N) is 1. The molecule has 4 heteroatoms. The van der Waals surface area contributed by atoms with Gasteiger partial charge in [-0.05, 0) is 0 Å². The number of quaternary nitrogens is 1. The van der Waals surface area contributed by atoms with Crippen molar-refractivity contribution in [3.05, 3.63) is 35.9 Å². The minimum atomic E-state index is 0. The first-order valence-corrected chi connectivity index (χ1v) is 5.37. The fourth-order valence-corrected chi connectivity index (χ4v) is 2.12. The van der Waals surface area contributed by atoms with E-state index in [-0.39, 0.29) is 24.8 Å². The highest BCUT2D eigenvalue weighted by Crippen LogP contribution is 2.12. The van der Waals surface area contributed by atoms with Crippen LogP contribution in [-0.4, -0.2) is 37.7 Å². The number of rotatable bonds is 2. The van der Waals surface area contributed by atoms with Crippen LogP contribution in [0.3, 0.4) is 0 Å². The number of nitrogens with one attached hydrogen (secondary N) is 1. The molecule has 0 aromatic heterocycles. The lowest BCUT2D eigenvalue weighted by Gasteiger charge is -2.38. The number of hydrogen-bond acceptors (Lipinski definition) is 1. The molecule has 1 saturated heterocycles. The van der Waals surface area contributed by atoms with Crippen LogP contribution in [0.25, 0.3) is 0 Å². The second kappa shape index (κ2) is 7.13. The van der Waals surface area contributed by atoms with Gasteiger partial charge in [0.2, 0.25) is 0 Å². The Balaban J connectivity index is 0.00000112. The first-order chi connectivity index (χ1) is 6.79. The third-order valence-electron chi connectivity index (χ3n) is 3.06. The van der Waals surface area contributed by atoms with E-state index in [4.69, 9.17) is 0 Å². The van der Waals surface area contributed by atoms with E-state index in [1.165, 1.54) is 29.7 Å². The predicted octanol–water partition coefficient (Wildman–Crippen LogP) is -1.34. The monoisotopic (exact) mass is 262 g/mol. The SMILES string of the molecule is C[N+]1(Cc2ccccc2)CCNCC1.Cl.[Cl-]. The van der Waals surface area contributed by atoms with Gasteiger partial charge in [0, 0.05) is 18.7 Å². The van der Waals surface area contributed by atoms with Crippen LogP contribution in [0.1, 0.15) is 5.56 Å². The van der Waals surface area contributed by atoms with Gasteiger partial charge in [0.15, 0.2) is 0 Å². The number of piperazine rings is 1. The van der Waals surface area contributed by atoms with Gasteiger partial charge < -0.3 is 22.2 Å². The Hall–Kier alpha value is -0.280. The molecule has 1 N–H and O–H groups in total. The van der Waals surface area contributed by atoms with Gasteiger partial charge in [0.1, 0.15) is 6.54 Å². The Labute approximate surface area is 110 Å². The van der Waals surface area contributed by atoms with Crippen LogP contribution in [0.2, 0.25) is 0 Å². The maximum atomic E-state index is 3.41. The van der Waals surface area contributed by atoms with Crippen molar-refractivity contribution < 1.29 is 16.9 Å². The van der Waals surface area contributed by atoms with E-state index in [1.54, 1.807) is 0 Å². The molecular formula is C12H20Cl2N2. The highest BCUT2D eigenvalue weighted by atomic mass is 35.5. The summed E-state index contributed by atoms with van der Waals surface area (Å²) in [5, 5.41) is 3.41. The quantitative estimate of drug-likeness (QED) is 0.651. The van der Waals surface area contributed by atoms with Gasteiger partial charge in [-0.3, -0.25) is 0 Å². The molecule has 1 fully saturated rings. The summed E-state index contributed by atoms with van der Waals surface area (Å²) in [5.74, 6) is 0. The zero-order valence-corrected chi connectivity index (χ0v) is 11.2. The third kappa shape index (κ3) is 4.30. The van der Waals surface area contributed by atoms with Gasteiger partial charge >= 0.3 is 0 Å². The summed E-state index contributed by atoms with van der Waals surface area (Å²) in [5.41, 5.74) is 1.46. The average Bonchev–Trinajstić information content (AvgIpc) is 2.19. The Morgan fingerprint density at radius 1 is 1.12 bits per heavy atom. The number of halogens is 2. The largest absolute Gasteiger partial charge is 1.00 e. The van der Waals surface area contributed by atoms with E-state index in [1.807, 2.05) is 0 Å². The summed E-state index contributed by atoms with van der Waals surface area (Å²) < 4.78 is 1.18. The number of hydrogen-bond donors (Lipinski definition) is 1. The molecule has 0 aliphatic carbocycles. The van der Waals surface area contributed by atoms with Crippen molar-refractivity contribution in [3.8, 4) is 0 Å². The summed E-state index contributed by atoms with van der Waals surface area (Å²) in [4.78, 5) is 0.